The third kappa shape index (κ3) is 7.51. The molecule has 0 heterocycles. The van der Waals surface area contributed by atoms with E-state index in [-0.39, 0.29) is 0 Å². The highest BCUT2D eigenvalue weighted by atomic mass is 16.5. The van der Waals surface area contributed by atoms with Crippen LogP contribution in [-0.2, 0) is 0 Å². The van der Waals surface area contributed by atoms with E-state index in [1.807, 2.05) is 6.07 Å². The number of hydrogen-bond acceptors (Lipinski definition) is 3. The maximum absolute atomic E-state index is 5.81. The number of nitrogens with one attached hydrogen (secondary N) is 1. The van der Waals surface area contributed by atoms with Crippen molar-refractivity contribution in [3.63, 3.8) is 0 Å². The maximum atomic E-state index is 5.81. The van der Waals surface area contributed by atoms with E-state index in [1.165, 1.54) is 31.4 Å². The fourth-order valence-corrected chi connectivity index (χ4v) is 2.74. The van der Waals surface area contributed by atoms with Crippen LogP contribution >= 0.6 is 0 Å². The van der Waals surface area contributed by atoms with Gasteiger partial charge in [0.15, 0.2) is 0 Å². The van der Waals surface area contributed by atoms with E-state index in [0.29, 0.717) is 0 Å². The SMILES string of the molecule is CCCCCCCOc1ccc(NCCN(C)c2ccccc2)cc1. The van der Waals surface area contributed by atoms with Gasteiger partial charge in [-0.1, -0.05) is 50.8 Å². The molecule has 3 nitrogen and oxygen atoms in total. The Morgan fingerprint density at radius 2 is 1.60 bits per heavy atom. The number of unbranched alkanes of at least 4 members (excludes halogenated alkanes) is 4. The molecule has 0 radical (unpaired) electrons. The minimum atomic E-state index is 0.818. The monoisotopic (exact) mass is 340 g/mol. The summed E-state index contributed by atoms with van der Waals surface area (Å²) in [6.07, 6.45) is 6.35. The summed E-state index contributed by atoms with van der Waals surface area (Å²) in [4.78, 5) is 2.25. The van der Waals surface area contributed by atoms with Gasteiger partial charge < -0.3 is 15.0 Å². The molecule has 2 aromatic carbocycles. The predicted octanol–water partition coefficient (Wildman–Crippen LogP) is 5.58. The van der Waals surface area contributed by atoms with E-state index in [2.05, 4.69) is 72.7 Å². The number of ether oxygens (including phenoxy) is 1. The molecule has 1 N–H and O–H groups in total. The first-order valence-electron chi connectivity index (χ1n) is 9.52. The quantitative estimate of drug-likeness (QED) is 0.510. The van der Waals surface area contributed by atoms with E-state index >= 15 is 0 Å². The van der Waals surface area contributed by atoms with Gasteiger partial charge in [0.25, 0.3) is 0 Å². The molecule has 25 heavy (non-hydrogen) atoms. The first kappa shape index (κ1) is 19.2. The van der Waals surface area contributed by atoms with Crippen LogP contribution in [0.1, 0.15) is 39.0 Å². The Hall–Kier alpha value is -2.16. The highest BCUT2D eigenvalue weighted by Crippen LogP contribution is 2.16. The number of likely N-dealkylation sites (N-methyl/N-ethyl adjacent to an activating group) is 1. The molecule has 3 heteroatoms. The predicted molar refractivity (Wildman–Crippen MR) is 109 cm³/mol. The molecule has 0 spiro atoms. The summed E-state index contributed by atoms with van der Waals surface area (Å²) in [5.74, 6) is 0.961. The number of rotatable bonds is 12. The van der Waals surface area contributed by atoms with Crippen molar-refractivity contribution in [2.75, 3.05) is 37.0 Å². The number of hydrogen-bond donors (Lipinski definition) is 1. The lowest BCUT2D eigenvalue weighted by molar-refractivity contribution is 0.304. The van der Waals surface area contributed by atoms with Crippen molar-refractivity contribution in [1.29, 1.82) is 0 Å². The molecule has 136 valence electrons. The van der Waals surface area contributed by atoms with Crippen molar-refractivity contribution in [3.8, 4) is 5.75 Å². The zero-order valence-electron chi connectivity index (χ0n) is 15.7. The van der Waals surface area contributed by atoms with Crippen LogP contribution in [0, 0.1) is 0 Å². The van der Waals surface area contributed by atoms with Crippen molar-refractivity contribution in [2.24, 2.45) is 0 Å². The van der Waals surface area contributed by atoms with Gasteiger partial charge in [0.1, 0.15) is 5.75 Å². The summed E-state index contributed by atoms with van der Waals surface area (Å²) in [7, 11) is 2.12. The topological polar surface area (TPSA) is 24.5 Å². The van der Waals surface area contributed by atoms with Crippen LogP contribution in [0.2, 0.25) is 0 Å². The molecular formula is C22H32N2O. The van der Waals surface area contributed by atoms with Gasteiger partial charge in [0.05, 0.1) is 6.61 Å². The van der Waals surface area contributed by atoms with E-state index in [1.54, 1.807) is 0 Å². The van der Waals surface area contributed by atoms with Crippen LogP contribution in [0.3, 0.4) is 0 Å². The van der Waals surface area contributed by atoms with Crippen LogP contribution in [-0.4, -0.2) is 26.7 Å². The zero-order valence-corrected chi connectivity index (χ0v) is 15.7. The van der Waals surface area contributed by atoms with Crippen molar-refractivity contribution in [1.82, 2.24) is 0 Å². The Bertz CT molecular complexity index is 568. The molecule has 0 aromatic heterocycles. The maximum Gasteiger partial charge on any atom is 0.119 e. The summed E-state index contributed by atoms with van der Waals surface area (Å²) in [6, 6.07) is 18.7. The molecule has 0 unspecified atom stereocenters. The Kier molecular flexibility index (Phi) is 8.74. The van der Waals surface area contributed by atoms with Gasteiger partial charge in [0, 0.05) is 31.5 Å². The fraction of sp³-hybridized carbons (Fsp3) is 0.455. The Labute approximate surface area is 153 Å². The summed E-state index contributed by atoms with van der Waals surface area (Å²) < 4.78 is 5.81. The largest absolute Gasteiger partial charge is 0.494 e. The molecule has 2 rings (SSSR count). The Balaban J connectivity index is 1.63. The molecule has 0 aliphatic carbocycles. The average Bonchev–Trinajstić information content (AvgIpc) is 2.66. The second kappa shape index (κ2) is 11.4. The molecule has 0 amide bonds. The highest BCUT2D eigenvalue weighted by molar-refractivity contribution is 5.48. The lowest BCUT2D eigenvalue weighted by Gasteiger charge is -2.19. The highest BCUT2D eigenvalue weighted by Gasteiger charge is 2.00. The number of benzene rings is 2. The van der Waals surface area contributed by atoms with E-state index in [4.69, 9.17) is 4.74 Å². The van der Waals surface area contributed by atoms with Gasteiger partial charge in [-0.25, -0.2) is 0 Å². The summed E-state index contributed by atoms with van der Waals surface area (Å²) in [6.45, 7) is 4.92. The van der Waals surface area contributed by atoms with Gasteiger partial charge in [-0.15, -0.1) is 0 Å². The van der Waals surface area contributed by atoms with Crippen LogP contribution in [0.4, 0.5) is 11.4 Å². The van der Waals surface area contributed by atoms with Crippen molar-refractivity contribution < 1.29 is 4.74 Å². The van der Waals surface area contributed by atoms with E-state index < -0.39 is 0 Å². The lowest BCUT2D eigenvalue weighted by atomic mass is 10.2. The number of nitrogens with zero attached hydrogens (tertiary/aromatic N) is 1. The second-order valence-electron chi connectivity index (χ2n) is 6.47. The number of para-hydroxylation sites is 1. The first-order valence-corrected chi connectivity index (χ1v) is 9.52. The lowest BCUT2D eigenvalue weighted by Crippen LogP contribution is -2.24. The van der Waals surface area contributed by atoms with Crippen LogP contribution in [0.25, 0.3) is 0 Å². The molecule has 0 bridgehead atoms. The Morgan fingerprint density at radius 3 is 2.32 bits per heavy atom. The first-order chi connectivity index (χ1) is 12.3. The molecule has 0 atom stereocenters. The van der Waals surface area contributed by atoms with Gasteiger partial charge >= 0.3 is 0 Å². The van der Waals surface area contributed by atoms with Crippen molar-refractivity contribution >= 4 is 11.4 Å². The molecule has 0 fully saturated rings. The van der Waals surface area contributed by atoms with Gasteiger partial charge in [-0.05, 0) is 42.8 Å². The van der Waals surface area contributed by atoms with Crippen molar-refractivity contribution in [2.45, 2.75) is 39.0 Å². The third-order valence-corrected chi connectivity index (χ3v) is 4.34. The minimum Gasteiger partial charge on any atom is -0.494 e. The van der Waals surface area contributed by atoms with Crippen LogP contribution in [0.15, 0.2) is 54.6 Å². The minimum absolute atomic E-state index is 0.818. The van der Waals surface area contributed by atoms with E-state index in [0.717, 1.165) is 37.6 Å². The number of anilines is 2. The third-order valence-electron chi connectivity index (χ3n) is 4.34. The second-order valence-corrected chi connectivity index (χ2v) is 6.47. The zero-order chi connectivity index (χ0) is 17.7. The summed E-state index contributed by atoms with van der Waals surface area (Å²) in [5.41, 5.74) is 2.38. The van der Waals surface area contributed by atoms with E-state index in [9.17, 15) is 0 Å². The smallest absolute Gasteiger partial charge is 0.119 e. The Morgan fingerprint density at radius 1 is 0.880 bits per heavy atom. The normalized spacial score (nSPS) is 10.5. The van der Waals surface area contributed by atoms with Gasteiger partial charge in [-0.2, -0.15) is 0 Å². The molecule has 0 saturated carbocycles. The average molecular weight is 341 g/mol. The van der Waals surface area contributed by atoms with Gasteiger partial charge in [0.2, 0.25) is 0 Å². The summed E-state index contributed by atoms with van der Waals surface area (Å²) in [5, 5.41) is 3.47. The van der Waals surface area contributed by atoms with Crippen LogP contribution in [0.5, 0.6) is 5.75 Å². The standard InChI is InChI=1S/C22H32N2O/c1-3-4-5-6-10-19-25-22-15-13-20(14-16-22)23-17-18-24(2)21-11-8-7-9-12-21/h7-9,11-16,23H,3-6,10,17-19H2,1-2H3. The molecular weight excluding hydrogens is 308 g/mol. The molecule has 0 saturated heterocycles. The summed E-state index contributed by atoms with van der Waals surface area (Å²) >= 11 is 0. The van der Waals surface area contributed by atoms with Gasteiger partial charge in [-0.3, -0.25) is 0 Å². The van der Waals surface area contributed by atoms with Crippen LogP contribution < -0.4 is 15.0 Å². The fourth-order valence-electron chi connectivity index (χ4n) is 2.74. The molecule has 2 aromatic rings. The molecule has 0 aliphatic heterocycles. The van der Waals surface area contributed by atoms with Crippen molar-refractivity contribution in [3.05, 3.63) is 54.6 Å². The molecule has 0 aliphatic rings.